The maximum absolute atomic E-state index is 13.1. The quantitative estimate of drug-likeness (QED) is 0.443. The van der Waals surface area contributed by atoms with E-state index in [4.69, 9.17) is 0 Å². The molecule has 140 valence electrons. The van der Waals surface area contributed by atoms with Crippen molar-refractivity contribution in [2.75, 3.05) is 18.4 Å². The molecule has 0 fully saturated rings. The third-order valence-electron chi connectivity index (χ3n) is 4.46. The Kier molecular flexibility index (Phi) is 5.01. The fourth-order valence-electron chi connectivity index (χ4n) is 3.02. The van der Waals surface area contributed by atoms with E-state index in [2.05, 4.69) is 20.6 Å². The molecule has 2 heterocycles. The van der Waals surface area contributed by atoms with Crippen molar-refractivity contribution in [3.8, 4) is 11.1 Å². The molecule has 0 atom stereocenters. The first-order valence-electron chi connectivity index (χ1n) is 9.00. The summed E-state index contributed by atoms with van der Waals surface area (Å²) in [5.74, 6) is -0.418. The molecule has 0 unspecified atom stereocenters. The van der Waals surface area contributed by atoms with Gasteiger partial charge in [-0.1, -0.05) is 24.3 Å². The molecule has 1 amide bonds. The molecule has 0 radical (unpaired) electrons. The summed E-state index contributed by atoms with van der Waals surface area (Å²) in [6.45, 7) is 1.11. The molecule has 0 bridgehead atoms. The number of halogens is 1. The van der Waals surface area contributed by atoms with Gasteiger partial charge in [-0.2, -0.15) is 0 Å². The molecule has 0 saturated heterocycles. The number of nitrogens with one attached hydrogen (secondary N) is 3. The zero-order valence-electron chi connectivity index (χ0n) is 15.1. The summed E-state index contributed by atoms with van der Waals surface area (Å²) in [6, 6.07) is 17.8. The first-order chi connectivity index (χ1) is 13.7. The van der Waals surface area contributed by atoms with Crippen molar-refractivity contribution in [3.63, 3.8) is 0 Å². The zero-order chi connectivity index (χ0) is 19.3. The van der Waals surface area contributed by atoms with Crippen LogP contribution in [0.1, 0.15) is 10.5 Å². The van der Waals surface area contributed by atoms with Crippen LogP contribution in [-0.2, 0) is 0 Å². The van der Waals surface area contributed by atoms with E-state index < -0.39 is 0 Å². The molecule has 5 nitrogen and oxygen atoms in total. The van der Waals surface area contributed by atoms with Gasteiger partial charge < -0.3 is 15.6 Å². The normalized spacial score (nSPS) is 10.8. The number of aromatic amines is 1. The largest absolute Gasteiger partial charge is 0.383 e. The van der Waals surface area contributed by atoms with Crippen molar-refractivity contribution in [2.24, 2.45) is 0 Å². The Morgan fingerprint density at radius 2 is 1.68 bits per heavy atom. The lowest BCUT2D eigenvalue weighted by molar-refractivity contribution is 0.0951. The minimum atomic E-state index is -0.262. The third kappa shape index (κ3) is 4.01. The summed E-state index contributed by atoms with van der Waals surface area (Å²) in [5.41, 5.74) is 4.22. The van der Waals surface area contributed by atoms with Crippen LogP contribution in [0.4, 0.5) is 10.1 Å². The van der Waals surface area contributed by atoms with Gasteiger partial charge >= 0.3 is 0 Å². The van der Waals surface area contributed by atoms with E-state index in [1.807, 2.05) is 36.4 Å². The van der Waals surface area contributed by atoms with Gasteiger partial charge in [0, 0.05) is 42.1 Å². The molecule has 0 spiro atoms. The second-order valence-corrected chi connectivity index (χ2v) is 6.41. The summed E-state index contributed by atoms with van der Waals surface area (Å²) < 4.78 is 13.1. The molecule has 4 aromatic rings. The van der Waals surface area contributed by atoms with Gasteiger partial charge in [-0.3, -0.25) is 9.78 Å². The SMILES string of the molecule is O=C(NCCNc1ccncc1)c1cc2ccc(-c3ccc(F)cc3)cc2[nH]1. The van der Waals surface area contributed by atoms with E-state index in [1.54, 1.807) is 24.5 Å². The predicted octanol–water partition coefficient (Wildman–Crippen LogP) is 4.21. The van der Waals surface area contributed by atoms with Crippen molar-refractivity contribution in [3.05, 3.63) is 84.6 Å². The smallest absolute Gasteiger partial charge is 0.267 e. The average molecular weight is 374 g/mol. The number of fused-ring (bicyclic) bond motifs is 1. The topological polar surface area (TPSA) is 69.8 Å². The predicted molar refractivity (Wildman–Crippen MR) is 109 cm³/mol. The summed E-state index contributed by atoms with van der Waals surface area (Å²) >= 11 is 0. The van der Waals surface area contributed by atoms with Crippen LogP contribution < -0.4 is 10.6 Å². The highest BCUT2D eigenvalue weighted by molar-refractivity contribution is 5.98. The molecular weight excluding hydrogens is 355 g/mol. The van der Waals surface area contributed by atoms with Gasteiger partial charge in [0.25, 0.3) is 5.91 Å². The van der Waals surface area contributed by atoms with Crippen molar-refractivity contribution in [1.82, 2.24) is 15.3 Å². The molecule has 0 saturated carbocycles. The lowest BCUT2D eigenvalue weighted by Gasteiger charge is -2.06. The van der Waals surface area contributed by atoms with E-state index in [9.17, 15) is 9.18 Å². The fraction of sp³-hybridized carbons (Fsp3) is 0.0909. The number of carbonyl (C=O) groups is 1. The van der Waals surface area contributed by atoms with Gasteiger partial charge in [-0.25, -0.2) is 4.39 Å². The van der Waals surface area contributed by atoms with Crippen LogP contribution in [0.5, 0.6) is 0 Å². The van der Waals surface area contributed by atoms with E-state index in [0.29, 0.717) is 18.8 Å². The van der Waals surface area contributed by atoms with Crippen molar-refractivity contribution >= 4 is 22.5 Å². The van der Waals surface area contributed by atoms with Crippen molar-refractivity contribution < 1.29 is 9.18 Å². The number of benzene rings is 2. The minimum absolute atomic E-state index is 0.156. The van der Waals surface area contributed by atoms with E-state index in [-0.39, 0.29) is 11.7 Å². The monoisotopic (exact) mass is 374 g/mol. The van der Waals surface area contributed by atoms with Crippen molar-refractivity contribution in [1.29, 1.82) is 0 Å². The van der Waals surface area contributed by atoms with Crippen LogP contribution >= 0.6 is 0 Å². The summed E-state index contributed by atoms with van der Waals surface area (Å²) in [7, 11) is 0. The maximum atomic E-state index is 13.1. The molecule has 0 aliphatic heterocycles. The minimum Gasteiger partial charge on any atom is -0.383 e. The van der Waals surface area contributed by atoms with Crippen LogP contribution in [0.15, 0.2) is 73.1 Å². The van der Waals surface area contributed by atoms with Gasteiger partial charge in [-0.05, 0) is 47.5 Å². The molecular formula is C22H19FN4O. The Morgan fingerprint density at radius 3 is 2.46 bits per heavy atom. The Morgan fingerprint density at radius 1 is 0.929 bits per heavy atom. The lowest BCUT2D eigenvalue weighted by Crippen LogP contribution is -2.28. The fourth-order valence-corrected chi connectivity index (χ4v) is 3.02. The number of aromatic nitrogens is 2. The second-order valence-electron chi connectivity index (χ2n) is 6.41. The van der Waals surface area contributed by atoms with E-state index in [0.717, 1.165) is 27.7 Å². The van der Waals surface area contributed by atoms with E-state index in [1.165, 1.54) is 12.1 Å². The average Bonchev–Trinajstić information content (AvgIpc) is 3.16. The Labute approximate surface area is 161 Å². The summed E-state index contributed by atoms with van der Waals surface area (Å²) in [4.78, 5) is 19.5. The number of hydrogen-bond acceptors (Lipinski definition) is 3. The molecule has 0 aliphatic carbocycles. The van der Waals surface area contributed by atoms with Crippen LogP contribution in [0.2, 0.25) is 0 Å². The number of nitrogens with zero attached hydrogens (tertiary/aromatic N) is 1. The molecule has 2 aromatic heterocycles. The molecule has 6 heteroatoms. The number of anilines is 1. The molecule has 28 heavy (non-hydrogen) atoms. The second kappa shape index (κ2) is 7.92. The zero-order valence-corrected chi connectivity index (χ0v) is 15.1. The van der Waals surface area contributed by atoms with Crippen LogP contribution in [-0.4, -0.2) is 29.0 Å². The molecule has 3 N–H and O–H groups in total. The number of amides is 1. The standard InChI is InChI=1S/C22H19FN4O/c23-18-5-3-15(4-6-18)16-1-2-17-14-21(27-20(17)13-16)22(28)26-12-11-25-19-7-9-24-10-8-19/h1-10,13-14,27H,11-12H2,(H,24,25)(H,26,28). The Hall–Kier alpha value is -3.67. The van der Waals surface area contributed by atoms with Gasteiger partial charge in [0.05, 0.1) is 0 Å². The number of carbonyl (C=O) groups excluding carboxylic acids is 1. The van der Waals surface area contributed by atoms with Gasteiger partial charge in [0.15, 0.2) is 0 Å². The Balaban J connectivity index is 1.41. The first kappa shape index (κ1) is 17.7. The number of pyridine rings is 1. The molecule has 4 rings (SSSR count). The van der Waals surface area contributed by atoms with Crippen LogP contribution in [0.3, 0.4) is 0 Å². The van der Waals surface area contributed by atoms with Crippen molar-refractivity contribution in [2.45, 2.75) is 0 Å². The summed E-state index contributed by atoms with van der Waals surface area (Å²) in [6.07, 6.45) is 3.43. The number of rotatable bonds is 6. The van der Waals surface area contributed by atoms with Crippen LogP contribution in [0, 0.1) is 5.82 Å². The lowest BCUT2D eigenvalue weighted by atomic mass is 10.0. The number of H-pyrrole nitrogens is 1. The maximum Gasteiger partial charge on any atom is 0.267 e. The highest BCUT2D eigenvalue weighted by Gasteiger charge is 2.10. The summed E-state index contributed by atoms with van der Waals surface area (Å²) in [5, 5.41) is 7.06. The van der Waals surface area contributed by atoms with Gasteiger partial charge in [-0.15, -0.1) is 0 Å². The Bertz CT molecular complexity index is 1090. The number of hydrogen-bond donors (Lipinski definition) is 3. The highest BCUT2D eigenvalue weighted by atomic mass is 19.1. The van der Waals surface area contributed by atoms with Crippen LogP contribution in [0.25, 0.3) is 22.0 Å². The first-order valence-corrected chi connectivity index (χ1v) is 9.00. The molecule has 0 aliphatic rings. The van der Waals surface area contributed by atoms with Gasteiger partial charge in [0.1, 0.15) is 11.5 Å². The highest BCUT2D eigenvalue weighted by Crippen LogP contribution is 2.25. The molecule has 2 aromatic carbocycles. The van der Waals surface area contributed by atoms with E-state index >= 15 is 0 Å². The third-order valence-corrected chi connectivity index (χ3v) is 4.46. The van der Waals surface area contributed by atoms with Gasteiger partial charge in [0.2, 0.25) is 0 Å².